The van der Waals surface area contributed by atoms with Gasteiger partial charge in [-0.25, -0.2) is 0 Å². The molecule has 1 unspecified atom stereocenters. The summed E-state index contributed by atoms with van der Waals surface area (Å²) in [4.78, 5) is 0. The molecule has 1 saturated heterocycles. The summed E-state index contributed by atoms with van der Waals surface area (Å²) in [5.41, 5.74) is 0. The SMILES string of the molecule is C1CCCC[C](C2CCCS2)CCC1. The van der Waals surface area contributed by atoms with Crippen molar-refractivity contribution >= 4 is 11.8 Å². The van der Waals surface area contributed by atoms with Gasteiger partial charge in [0.15, 0.2) is 0 Å². The molecule has 0 amide bonds. The molecule has 1 heteroatoms. The smallest absolute Gasteiger partial charge is 0.0109 e. The van der Waals surface area contributed by atoms with Crippen LogP contribution in [0, 0.1) is 5.92 Å². The van der Waals surface area contributed by atoms with Gasteiger partial charge in [-0.15, -0.1) is 0 Å². The van der Waals surface area contributed by atoms with Crippen molar-refractivity contribution in [1.29, 1.82) is 0 Å². The van der Waals surface area contributed by atoms with Gasteiger partial charge in [-0.3, -0.25) is 0 Å². The summed E-state index contributed by atoms with van der Waals surface area (Å²) in [6.07, 6.45) is 14.8. The Morgan fingerprint density at radius 2 is 1.43 bits per heavy atom. The first kappa shape index (κ1) is 10.9. The molecular formula is C13H23S. The lowest BCUT2D eigenvalue weighted by Gasteiger charge is -2.21. The normalized spacial score (nSPS) is 32.1. The van der Waals surface area contributed by atoms with E-state index < -0.39 is 0 Å². The van der Waals surface area contributed by atoms with Gasteiger partial charge in [-0.05, 0) is 37.4 Å². The van der Waals surface area contributed by atoms with Gasteiger partial charge in [-0.2, -0.15) is 11.8 Å². The van der Waals surface area contributed by atoms with E-state index >= 15 is 0 Å². The summed E-state index contributed by atoms with van der Waals surface area (Å²) in [7, 11) is 0. The minimum absolute atomic E-state index is 0.966. The molecule has 0 nitrogen and oxygen atoms in total. The van der Waals surface area contributed by atoms with E-state index in [1.54, 1.807) is 0 Å². The van der Waals surface area contributed by atoms with Crippen LogP contribution in [-0.2, 0) is 0 Å². The largest absolute Gasteiger partial charge is 0.158 e. The van der Waals surface area contributed by atoms with Crippen molar-refractivity contribution < 1.29 is 0 Å². The molecule has 2 aliphatic rings. The maximum atomic E-state index is 2.23. The zero-order valence-electron chi connectivity index (χ0n) is 9.26. The highest BCUT2D eigenvalue weighted by molar-refractivity contribution is 8.00. The predicted molar refractivity (Wildman–Crippen MR) is 65.7 cm³/mol. The zero-order valence-corrected chi connectivity index (χ0v) is 10.1. The van der Waals surface area contributed by atoms with Gasteiger partial charge in [0.2, 0.25) is 0 Å². The second kappa shape index (κ2) is 6.05. The Bertz CT molecular complexity index is 139. The first-order chi connectivity index (χ1) is 6.97. The van der Waals surface area contributed by atoms with Gasteiger partial charge in [0.25, 0.3) is 0 Å². The van der Waals surface area contributed by atoms with Crippen molar-refractivity contribution in [1.82, 2.24) is 0 Å². The van der Waals surface area contributed by atoms with Gasteiger partial charge in [0.05, 0.1) is 0 Å². The van der Waals surface area contributed by atoms with Crippen molar-refractivity contribution in [2.24, 2.45) is 0 Å². The second-order valence-corrected chi connectivity index (χ2v) is 6.09. The van der Waals surface area contributed by atoms with Crippen molar-refractivity contribution in [2.45, 2.75) is 69.5 Å². The van der Waals surface area contributed by atoms with Crippen LogP contribution in [0.15, 0.2) is 0 Å². The molecule has 0 aromatic heterocycles. The average Bonchev–Trinajstić information content (AvgIpc) is 2.75. The molecular weight excluding hydrogens is 188 g/mol. The van der Waals surface area contributed by atoms with Crippen LogP contribution < -0.4 is 0 Å². The lowest BCUT2D eigenvalue weighted by atomic mass is 9.91. The molecule has 0 aromatic rings. The highest BCUT2D eigenvalue weighted by Gasteiger charge is 2.25. The van der Waals surface area contributed by atoms with E-state index in [9.17, 15) is 0 Å². The average molecular weight is 211 g/mol. The maximum Gasteiger partial charge on any atom is 0.0109 e. The maximum absolute atomic E-state index is 2.23. The van der Waals surface area contributed by atoms with E-state index in [2.05, 4.69) is 11.8 Å². The van der Waals surface area contributed by atoms with Crippen molar-refractivity contribution in [3.63, 3.8) is 0 Å². The molecule has 1 heterocycles. The fourth-order valence-electron chi connectivity index (χ4n) is 2.76. The lowest BCUT2D eigenvalue weighted by molar-refractivity contribution is 0.605. The summed E-state index contributed by atoms with van der Waals surface area (Å²) in [6.45, 7) is 0. The monoisotopic (exact) mass is 211 g/mol. The topological polar surface area (TPSA) is 0 Å². The van der Waals surface area contributed by atoms with Crippen LogP contribution in [0.4, 0.5) is 0 Å². The van der Waals surface area contributed by atoms with Crippen LogP contribution in [0.1, 0.15) is 64.2 Å². The molecule has 0 bridgehead atoms. The Morgan fingerprint density at radius 3 is 2.00 bits per heavy atom. The first-order valence-corrected chi connectivity index (χ1v) is 7.48. The van der Waals surface area contributed by atoms with E-state index in [-0.39, 0.29) is 0 Å². The summed E-state index contributed by atoms with van der Waals surface area (Å²) in [5.74, 6) is 3.35. The van der Waals surface area contributed by atoms with Gasteiger partial charge in [0, 0.05) is 5.25 Å². The minimum Gasteiger partial charge on any atom is -0.158 e. The molecule has 0 spiro atoms. The molecule has 14 heavy (non-hydrogen) atoms. The van der Waals surface area contributed by atoms with Crippen LogP contribution in [0.25, 0.3) is 0 Å². The highest BCUT2D eigenvalue weighted by atomic mass is 32.2. The van der Waals surface area contributed by atoms with E-state index in [0.717, 1.165) is 5.25 Å². The second-order valence-electron chi connectivity index (χ2n) is 4.78. The van der Waals surface area contributed by atoms with Crippen LogP contribution in [0.2, 0.25) is 0 Å². The van der Waals surface area contributed by atoms with Gasteiger partial charge < -0.3 is 0 Å². The minimum atomic E-state index is 0.966. The number of rotatable bonds is 1. The van der Waals surface area contributed by atoms with E-state index in [4.69, 9.17) is 0 Å². The van der Waals surface area contributed by atoms with Crippen LogP contribution in [-0.4, -0.2) is 11.0 Å². The molecule has 1 atom stereocenters. The lowest BCUT2D eigenvalue weighted by Crippen LogP contribution is -2.12. The van der Waals surface area contributed by atoms with Crippen molar-refractivity contribution in [2.75, 3.05) is 5.75 Å². The Kier molecular flexibility index (Phi) is 4.69. The molecule has 0 N–H and O–H groups in total. The first-order valence-electron chi connectivity index (χ1n) is 6.43. The van der Waals surface area contributed by atoms with Crippen molar-refractivity contribution in [3.8, 4) is 0 Å². The molecule has 1 aliphatic heterocycles. The molecule has 81 valence electrons. The molecule has 2 fully saturated rings. The number of hydrogen-bond acceptors (Lipinski definition) is 1. The molecule has 1 aliphatic carbocycles. The molecule has 1 saturated carbocycles. The third-order valence-corrected chi connectivity index (χ3v) is 5.13. The summed E-state index contributed by atoms with van der Waals surface area (Å²) in [5, 5.41) is 0.966. The van der Waals surface area contributed by atoms with Crippen LogP contribution in [0.5, 0.6) is 0 Å². The third kappa shape index (κ3) is 3.18. The zero-order chi connectivity index (χ0) is 9.64. The van der Waals surface area contributed by atoms with E-state index in [1.807, 2.05) is 5.92 Å². The molecule has 2 rings (SSSR count). The van der Waals surface area contributed by atoms with E-state index in [0.29, 0.717) is 0 Å². The molecule has 1 radical (unpaired) electrons. The number of hydrogen-bond donors (Lipinski definition) is 0. The summed E-state index contributed by atoms with van der Waals surface area (Å²) < 4.78 is 0. The Hall–Kier alpha value is 0.350. The van der Waals surface area contributed by atoms with Crippen LogP contribution >= 0.6 is 11.8 Å². The van der Waals surface area contributed by atoms with E-state index in [1.165, 1.54) is 70.0 Å². The van der Waals surface area contributed by atoms with Gasteiger partial charge >= 0.3 is 0 Å². The Labute approximate surface area is 93.2 Å². The fourth-order valence-corrected chi connectivity index (χ4v) is 4.18. The summed E-state index contributed by atoms with van der Waals surface area (Å²) >= 11 is 2.23. The highest BCUT2D eigenvalue weighted by Crippen LogP contribution is 2.39. The van der Waals surface area contributed by atoms with Gasteiger partial charge in [-0.1, -0.05) is 38.5 Å². The number of thioether (sulfide) groups is 1. The quantitative estimate of drug-likeness (QED) is 0.611. The molecule has 0 aromatic carbocycles. The Balaban J connectivity index is 1.80. The predicted octanol–water partition coefficient (Wildman–Crippen LogP) is 4.59. The summed E-state index contributed by atoms with van der Waals surface area (Å²) in [6, 6.07) is 0. The van der Waals surface area contributed by atoms with Crippen molar-refractivity contribution in [3.05, 3.63) is 5.92 Å². The third-order valence-electron chi connectivity index (χ3n) is 3.63. The van der Waals surface area contributed by atoms with Gasteiger partial charge in [0.1, 0.15) is 0 Å². The van der Waals surface area contributed by atoms with Crippen LogP contribution in [0.3, 0.4) is 0 Å². The standard InChI is InChI=1S/C13H23S/c1-2-4-6-9-12(8-5-3-1)13-10-7-11-14-13/h13H,1-11H2. The fraction of sp³-hybridized carbons (Fsp3) is 0.923. The Morgan fingerprint density at radius 1 is 0.786 bits per heavy atom.